The van der Waals surface area contributed by atoms with E-state index in [4.69, 9.17) is 5.73 Å². The number of aldehydes is 1. The molecule has 78 valence electrons. The molecular formula is C10H9FN2O2. The van der Waals surface area contributed by atoms with Gasteiger partial charge in [0.2, 0.25) is 0 Å². The van der Waals surface area contributed by atoms with Gasteiger partial charge in [0.15, 0.2) is 6.29 Å². The number of carbonyl (C=O) groups excluding carboxylic acids is 2. The van der Waals surface area contributed by atoms with Gasteiger partial charge in [0.1, 0.15) is 5.82 Å². The molecule has 0 saturated heterocycles. The summed E-state index contributed by atoms with van der Waals surface area (Å²) in [6, 6.07) is 4.63. The molecule has 0 atom stereocenters. The number of carbonyl (C=O) groups is 2. The minimum atomic E-state index is -0.917. The van der Waals surface area contributed by atoms with Gasteiger partial charge in [-0.15, -0.1) is 0 Å². The zero-order valence-corrected chi connectivity index (χ0v) is 7.81. The molecule has 0 aromatic heterocycles. The molecular weight excluding hydrogens is 199 g/mol. The van der Waals surface area contributed by atoms with E-state index in [1.54, 1.807) is 0 Å². The third-order valence-corrected chi connectivity index (χ3v) is 1.69. The van der Waals surface area contributed by atoms with Crippen LogP contribution in [0, 0.1) is 5.82 Å². The van der Waals surface area contributed by atoms with Gasteiger partial charge in [-0.25, -0.2) is 9.18 Å². The second-order valence-electron chi connectivity index (χ2n) is 2.86. The molecule has 0 fully saturated rings. The molecule has 0 aliphatic heterocycles. The lowest BCUT2D eigenvalue weighted by Gasteiger charge is -1.98. The normalized spacial score (nSPS) is 11.1. The third kappa shape index (κ3) is 3.68. The quantitative estimate of drug-likeness (QED) is 0.596. The van der Waals surface area contributed by atoms with Crippen molar-refractivity contribution >= 4 is 18.0 Å². The summed E-state index contributed by atoms with van der Waals surface area (Å²) in [5, 5.41) is 0. The number of nitrogens with two attached hydrogens (primary N) is 1. The van der Waals surface area contributed by atoms with E-state index in [2.05, 4.69) is 4.99 Å². The van der Waals surface area contributed by atoms with Gasteiger partial charge in [0.05, 0.1) is 5.71 Å². The van der Waals surface area contributed by atoms with Crippen LogP contribution in [0.25, 0.3) is 0 Å². The molecule has 5 heteroatoms. The van der Waals surface area contributed by atoms with Gasteiger partial charge in [0, 0.05) is 6.42 Å². The highest BCUT2D eigenvalue weighted by Crippen LogP contribution is 2.04. The van der Waals surface area contributed by atoms with Crippen LogP contribution in [0.15, 0.2) is 29.3 Å². The molecule has 0 heterocycles. The Labute approximate surface area is 85.6 Å². The largest absolute Gasteiger partial charge is 0.350 e. The molecule has 4 nitrogen and oxygen atoms in total. The van der Waals surface area contributed by atoms with Crippen molar-refractivity contribution in [3.05, 3.63) is 35.6 Å². The van der Waals surface area contributed by atoms with E-state index in [-0.39, 0.29) is 17.9 Å². The van der Waals surface area contributed by atoms with E-state index in [9.17, 15) is 14.0 Å². The minimum Gasteiger partial charge on any atom is -0.350 e. The fraction of sp³-hybridized carbons (Fsp3) is 0.100. The topological polar surface area (TPSA) is 72.5 Å². The first-order chi connectivity index (χ1) is 7.11. The molecule has 0 aliphatic rings. The minimum absolute atomic E-state index is 0.0223. The van der Waals surface area contributed by atoms with Crippen LogP contribution < -0.4 is 5.73 Å². The maximum absolute atomic E-state index is 12.5. The van der Waals surface area contributed by atoms with Crippen molar-refractivity contribution in [3.63, 3.8) is 0 Å². The van der Waals surface area contributed by atoms with Crippen LogP contribution in [0.1, 0.15) is 5.56 Å². The van der Waals surface area contributed by atoms with Crippen LogP contribution in [-0.2, 0) is 11.2 Å². The summed E-state index contributed by atoms with van der Waals surface area (Å²) in [4.78, 5) is 24.2. The van der Waals surface area contributed by atoms with E-state index in [0.29, 0.717) is 11.8 Å². The van der Waals surface area contributed by atoms with Gasteiger partial charge in [-0.2, -0.15) is 4.99 Å². The maximum Gasteiger partial charge on any atom is 0.338 e. The summed E-state index contributed by atoms with van der Waals surface area (Å²) in [6.45, 7) is 0. The molecule has 2 amide bonds. The van der Waals surface area contributed by atoms with Crippen molar-refractivity contribution in [2.24, 2.45) is 10.7 Å². The Morgan fingerprint density at radius 2 is 2.00 bits per heavy atom. The first-order valence-corrected chi connectivity index (χ1v) is 4.18. The first-order valence-electron chi connectivity index (χ1n) is 4.18. The molecule has 0 bridgehead atoms. The number of nitrogens with zero attached hydrogens (tertiary/aromatic N) is 1. The molecule has 1 aromatic rings. The molecule has 0 saturated carbocycles. The SMILES string of the molecule is NC(=O)N=C(C=O)Cc1ccc(F)cc1. The fourth-order valence-corrected chi connectivity index (χ4v) is 1.06. The summed E-state index contributed by atoms with van der Waals surface area (Å²) >= 11 is 0. The van der Waals surface area contributed by atoms with Crippen molar-refractivity contribution in [2.75, 3.05) is 0 Å². The Kier molecular flexibility index (Phi) is 3.68. The highest BCUT2D eigenvalue weighted by molar-refractivity contribution is 6.30. The van der Waals surface area contributed by atoms with Crippen LogP contribution in [0.3, 0.4) is 0 Å². The van der Waals surface area contributed by atoms with E-state index in [0.717, 1.165) is 0 Å². The predicted octanol–water partition coefficient (Wildman–Crippen LogP) is 1.09. The average Bonchev–Trinajstić information content (AvgIpc) is 2.19. The van der Waals surface area contributed by atoms with Crippen LogP contribution in [0.2, 0.25) is 0 Å². The standard InChI is InChI=1S/C10H9FN2O2/c11-8-3-1-7(2-4-8)5-9(6-14)13-10(12)15/h1-4,6H,5H2,(H2,12,15). The van der Waals surface area contributed by atoms with E-state index < -0.39 is 6.03 Å². The number of primary amides is 1. The highest BCUT2D eigenvalue weighted by atomic mass is 19.1. The van der Waals surface area contributed by atoms with Gasteiger partial charge in [-0.3, -0.25) is 4.79 Å². The molecule has 0 aliphatic carbocycles. The molecule has 1 rings (SSSR count). The summed E-state index contributed by atoms with van der Waals surface area (Å²) in [6.07, 6.45) is 0.612. The summed E-state index contributed by atoms with van der Waals surface area (Å²) < 4.78 is 12.5. The highest BCUT2D eigenvalue weighted by Gasteiger charge is 2.02. The van der Waals surface area contributed by atoms with Gasteiger partial charge < -0.3 is 5.73 Å². The van der Waals surface area contributed by atoms with Crippen LogP contribution in [-0.4, -0.2) is 18.0 Å². The average molecular weight is 208 g/mol. The fourth-order valence-electron chi connectivity index (χ4n) is 1.06. The van der Waals surface area contributed by atoms with E-state index in [1.807, 2.05) is 0 Å². The molecule has 1 aromatic carbocycles. The Morgan fingerprint density at radius 1 is 1.40 bits per heavy atom. The smallest absolute Gasteiger partial charge is 0.338 e. The number of urea groups is 1. The maximum atomic E-state index is 12.5. The number of benzene rings is 1. The predicted molar refractivity (Wildman–Crippen MR) is 53.2 cm³/mol. The van der Waals surface area contributed by atoms with Crippen LogP contribution in [0.4, 0.5) is 9.18 Å². The van der Waals surface area contributed by atoms with Crippen molar-refractivity contribution < 1.29 is 14.0 Å². The number of amides is 2. The number of hydrogen-bond donors (Lipinski definition) is 1. The molecule has 2 N–H and O–H groups in total. The van der Waals surface area contributed by atoms with Gasteiger partial charge in [0.25, 0.3) is 0 Å². The van der Waals surface area contributed by atoms with Crippen LogP contribution in [0.5, 0.6) is 0 Å². The Morgan fingerprint density at radius 3 is 2.47 bits per heavy atom. The molecule has 0 radical (unpaired) electrons. The monoisotopic (exact) mass is 208 g/mol. The lowest BCUT2D eigenvalue weighted by molar-refractivity contribution is -0.102. The third-order valence-electron chi connectivity index (χ3n) is 1.69. The number of rotatable bonds is 3. The lowest BCUT2D eigenvalue weighted by atomic mass is 10.1. The van der Waals surface area contributed by atoms with Gasteiger partial charge in [-0.1, -0.05) is 12.1 Å². The zero-order valence-electron chi connectivity index (χ0n) is 7.81. The van der Waals surface area contributed by atoms with Gasteiger partial charge in [-0.05, 0) is 17.7 Å². The van der Waals surface area contributed by atoms with Crippen molar-refractivity contribution in [1.82, 2.24) is 0 Å². The number of aliphatic imine (C=N–C) groups is 1. The molecule has 0 unspecified atom stereocenters. The van der Waals surface area contributed by atoms with Crippen molar-refractivity contribution in [1.29, 1.82) is 0 Å². The number of hydrogen-bond acceptors (Lipinski definition) is 2. The second-order valence-corrected chi connectivity index (χ2v) is 2.86. The molecule has 0 spiro atoms. The first kappa shape index (κ1) is 11.0. The Balaban J connectivity index is 2.80. The van der Waals surface area contributed by atoms with E-state index in [1.165, 1.54) is 24.3 Å². The second kappa shape index (κ2) is 4.99. The summed E-state index contributed by atoms with van der Waals surface area (Å²) in [5.74, 6) is -0.363. The van der Waals surface area contributed by atoms with Crippen molar-refractivity contribution in [2.45, 2.75) is 6.42 Å². The Bertz CT molecular complexity index is 398. The lowest BCUT2D eigenvalue weighted by Crippen LogP contribution is -2.12. The summed E-state index contributed by atoms with van der Waals surface area (Å²) in [7, 11) is 0. The Hall–Kier alpha value is -2.04. The zero-order chi connectivity index (χ0) is 11.3. The number of halogens is 1. The van der Waals surface area contributed by atoms with Gasteiger partial charge >= 0.3 is 6.03 Å². The summed E-state index contributed by atoms with van der Waals surface area (Å²) in [5.41, 5.74) is 5.51. The molecule has 15 heavy (non-hydrogen) atoms. The van der Waals surface area contributed by atoms with Crippen LogP contribution >= 0.6 is 0 Å². The van der Waals surface area contributed by atoms with Crippen molar-refractivity contribution in [3.8, 4) is 0 Å². The van der Waals surface area contributed by atoms with E-state index >= 15 is 0 Å².